The van der Waals surface area contributed by atoms with E-state index in [0.717, 1.165) is 23.1 Å². The van der Waals surface area contributed by atoms with Crippen molar-refractivity contribution in [3.63, 3.8) is 0 Å². The molecule has 0 N–H and O–H groups in total. The first-order chi connectivity index (χ1) is 11.7. The minimum absolute atomic E-state index is 0.412. The zero-order valence-corrected chi connectivity index (χ0v) is 13.4. The Bertz CT molecular complexity index is 1110. The number of methoxy groups -OCH3 is 1. The van der Waals surface area contributed by atoms with E-state index in [1.165, 1.54) is 0 Å². The highest BCUT2D eigenvalue weighted by Crippen LogP contribution is 2.29. The average Bonchev–Trinajstić information content (AvgIpc) is 2.99. The van der Waals surface area contributed by atoms with Gasteiger partial charge in [0, 0.05) is 11.6 Å². The molecule has 0 amide bonds. The molecule has 0 fully saturated rings. The molecule has 1 aromatic carbocycles. The molecule has 0 bridgehead atoms. The Morgan fingerprint density at radius 3 is 2.88 bits per heavy atom. The van der Waals surface area contributed by atoms with Gasteiger partial charge in [0.05, 0.1) is 24.1 Å². The standard InChI is InChI=1S/C19H16N2O3/c1-3-14-17(20-16-9-4-5-10-21(14)16)13-11-12-7-6-8-15(23-2)18(12)24-19(13)22/h4-11H,3H2,1-2H3. The van der Waals surface area contributed by atoms with Crippen LogP contribution in [0.2, 0.25) is 0 Å². The van der Waals surface area contributed by atoms with Gasteiger partial charge < -0.3 is 13.6 Å². The Kier molecular flexibility index (Phi) is 3.34. The van der Waals surface area contributed by atoms with E-state index in [-0.39, 0.29) is 0 Å². The van der Waals surface area contributed by atoms with E-state index in [4.69, 9.17) is 9.15 Å². The van der Waals surface area contributed by atoms with Crippen LogP contribution in [0.4, 0.5) is 0 Å². The highest BCUT2D eigenvalue weighted by molar-refractivity contribution is 5.86. The molecule has 4 aromatic rings. The van der Waals surface area contributed by atoms with Crippen molar-refractivity contribution in [1.82, 2.24) is 9.38 Å². The quantitative estimate of drug-likeness (QED) is 0.540. The summed E-state index contributed by atoms with van der Waals surface area (Å²) < 4.78 is 12.8. The van der Waals surface area contributed by atoms with E-state index >= 15 is 0 Å². The molecule has 3 heterocycles. The smallest absolute Gasteiger partial charge is 0.345 e. The van der Waals surface area contributed by atoms with Crippen LogP contribution in [-0.4, -0.2) is 16.5 Å². The summed E-state index contributed by atoms with van der Waals surface area (Å²) in [5.74, 6) is 0.543. The first-order valence-corrected chi connectivity index (χ1v) is 7.80. The van der Waals surface area contributed by atoms with Crippen molar-refractivity contribution < 1.29 is 9.15 Å². The molecule has 4 rings (SSSR count). The van der Waals surface area contributed by atoms with Gasteiger partial charge in [-0.3, -0.25) is 0 Å². The van der Waals surface area contributed by atoms with Crippen LogP contribution >= 0.6 is 0 Å². The molecular formula is C19H16N2O3. The van der Waals surface area contributed by atoms with Crippen molar-refractivity contribution in [3.05, 3.63) is 64.8 Å². The molecular weight excluding hydrogens is 304 g/mol. The number of imidazole rings is 1. The molecule has 0 spiro atoms. The number of hydrogen-bond donors (Lipinski definition) is 0. The van der Waals surface area contributed by atoms with Crippen molar-refractivity contribution in [1.29, 1.82) is 0 Å². The van der Waals surface area contributed by atoms with Crippen LogP contribution in [0.25, 0.3) is 27.9 Å². The Morgan fingerprint density at radius 2 is 2.08 bits per heavy atom. The zero-order chi connectivity index (χ0) is 16.7. The molecule has 0 radical (unpaired) electrons. The van der Waals surface area contributed by atoms with E-state index < -0.39 is 5.63 Å². The van der Waals surface area contributed by atoms with Gasteiger partial charge in [-0.25, -0.2) is 9.78 Å². The molecule has 0 unspecified atom stereocenters. The molecule has 24 heavy (non-hydrogen) atoms. The van der Waals surface area contributed by atoms with Gasteiger partial charge in [-0.2, -0.15) is 0 Å². The van der Waals surface area contributed by atoms with Gasteiger partial charge in [0.15, 0.2) is 11.3 Å². The van der Waals surface area contributed by atoms with Crippen LogP contribution in [0.5, 0.6) is 5.75 Å². The largest absolute Gasteiger partial charge is 0.493 e. The fourth-order valence-corrected chi connectivity index (χ4v) is 3.04. The van der Waals surface area contributed by atoms with Gasteiger partial charge in [0.1, 0.15) is 5.65 Å². The maximum atomic E-state index is 12.6. The number of rotatable bonds is 3. The Morgan fingerprint density at radius 1 is 1.21 bits per heavy atom. The summed E-state index contributed by atoms with van der Waals surface area (Å²) >= 11 is 0. The molecule has 0 saturated carbocycles. The number of benzene rings is 1. The van der Waals surface area contributed by atoms with Gasteiger partial charge in [-0.1, -0.05) is 25.1 Å². The Hall–Kier alpha value is -3.08. The second-order valence-electron chi connectivity index (χ2n) is 5.52. The van der Waals surface area contributed by atoms with Crippen LogP contribution in [0.15, 0.2) is 57.9 Å². The summed E-state index contributed by atoms with van der Waals surface area (Å²) in [6, 6.07) is 13.2. The average molecular weight is 320 g/mol. The molecule has 3 aromatic heterocycles. The predicted molar refractivity (Wildman–Crippen MR) is 92.6 cm³/mol. The van der Waals surface area contributed by atoms with Gasteiger partial charge >= 0.3 is 5.63 Å². The third-order valence-corrected chi connectivity index (χ3v) is 4.16. The Labute approximate surface area is 138 Å². The second kappa shape index (κ2) is 5.53. The molecule has 0 atom stereocenters. The minimum Gasteiger partial charge on any atom is -0.493 e. The van der Waals surface area contributed by atoms with Gasteiger partial charge in [0.25, 0.3) is 0 Å². The lowest BCUT2D eigenvalue weighted by molar-refractivity contribution is 0.407. The zero-order valence-electron chi connectivity index (χ0n) is 13.4. The first-order valence-electron chi connectivity index (χ1n) is 7.80. The maximum Gasteiger partial charge on any atom is 0.345 e. The van der Waals surface area contributed by atoms with E-state index in [0.29, 0.717) is 22.6 Å². The number of aryl methyl sites for hydroxylation is 1. The van der Waals surface area contributed by atoms with Crippen LogP contribution in [-0.2, 0) is 6.42 Å². The third kappa shape index (κ3) is 2.09. The highest BCUT2D eigenvalue weighted by atomic mass is 16.5. The topological polar surface area (TPSA) is 56.7 Å². The predicted octanol–water partition coefficient (Wildman–Crippen LogP) is 3.68. The number of hydrogen-bond acceptors (Lipinski definition) is 4. The summed E-state index contributed by atoms with van der Waals surface area (Å²) in [5.41, 5.74) is 2.98. The number of nitrogens with zero attached hydrogens (tertiary/aromatic N) is 2. The summed E-state index contributed by atoms with van der Waals surface area (Å²) in [6.45, 7) is 2.05. The number of ether oxygens (including phenoxy) is 1. The molecule has 0 saturated heterocycles. The lowest BCUT2D eigenvalue weighted by atomic mass is 10.1. The second-order valence-corrected chi connectivity index (χ2v) is 5.52. The van der Waals surface area contributed by atoms with Crippen LogP contribution in [0.1, 0.15) is 12.6 Å². The van der Waals surface area contributed by atoms with Gasteiger partial charge in [-0.15, -0.1) is 0 Å². The number of para-hydroxylation sites is 1. The summed E-state index contributed by atoms with van der Waals surface area (Å²) in [7, 11) is 1.56. The lowest BCUT2D eigenvalue weighted by Crippen LogP contribution is -2.05. The maximum absolute atomic E-state index is 12.6. The monoisotopic (exact) mass is 320 g/mol. The normalized spacial score (nSPS) is 11.2. The molecule has 120 valence electrons. The van der Waals surface area contributed by atoms with E-state index in [2.05, 4.69) is 4.98 Å². The summed E-state index contributed by atoms with van der Waals surface area (Å²) in [4.78, 5) is 17.2. The van der Waals surface area contributed by atoms with Gasteiger partial charge in [-0.05, 0) is 30.7 Å². The fourth-order valence-electron chi connectivity index (χ4n) is 3.04. The Balaban J connectivity index is 2.04. The number of pyridine rings is 1. The van der Waals surface area contributed by atoms with E-state index in [9.17, 15) is 4.79 Å². The van der Waals surface area contributed by atoms with Crippen molar-refractivity contribution in [2.45, 2.75) is 13.3 Å². The highest BCUT2D eigenvalue weighted by Gasteiger charge is 2.18. The molecule has 0 aliphatic heterocycles. The van der Waals surface area contributed by atoms with Crippen molar-refractivity contribution in [2.75, 3.05) is 7.11 Å². The van der Waals surface area contributed by atoms with Crippen LogP contribution in [0, 0.1) is 0 Å². The van der Waals surface area contributed by atoms with Crippen molar-refractivity contribution in [3.8, 4) is 17.0 Å². The fraction of sp³-hybridized carbons (Fsp3) is 0.158. The lowest BCUT2D eigenvalue weighted by Gasteiger charge is -2.06. The molecule has 0 aliphatic carbocycles. The van der Waals surface area contributed by atoms with E-state index in [1.807, 2.05) is 53.9 Å². The van der Waals surface area contributed by atoms with Crippen molar-refractivity contribution in [2.24, 2.45) is 0 Å². The minimum atomic E-state index is -0.412. The van der Waals surface area contributed by atoms with Crippen LogP contribution in [0.3, 0.4) is 0 Å². The van der Waals surface area contributed by atoms with E-state index in [1.54, 1.807) is 13.2 Å². The summed E-state index contributed by atoms with van der Waals surface area (Å²) in [5, 5.41) is 0.808. The summed E-state index contributed by atoms with van der Waals surface area (Å²) in [6.07, 6.45) is 2.71. The third-order valence-electron chi connectivity index (χ3n) is 4.16. The molecule has 5 nitrogen and oxygen atoms in total. The number of aromatic nitrogens is 2. The first kappa shape index (κ1) is 14.5. The van der Waals surface area contributed by atoms with Crippen molar-refractivity contribution >= 4 is 16.6 Å². The van der Waals surface area contributed by atoms with Crippen LogP contribution < -0.4 is 10.4 Å². The SMILES string of the molecule is CCc1c(-c2cc3cccc(OC)c3oc2=O)nc2ccccn12. The molecule has 0 aliphatic rings. The molecule has 5 heteroatoms. The number of fused-ring (bicyclic) bond motifs is 2. The van der Waals surface area contributed by atoms with Gasteiger partial charge in [0.2, 0.25) is 0 Å².